The number of carbonyl (C=O) groups excluding carboxylic acids is 1. The van der Waals surface area contributed by atoms with Crippen molar-refractivity contribution in [2.45, 2.75) is 11.3 Å². The van der Waals surface area contributed by atoms with Crippen molar-refractivity contribution in [3.8, 4) is 0 Å². The molecule has 0 aliphatic rings. The monoisotopic (exact) mass is 322 g/mol. The maximum absolute atomic E-state index is 12.8. The van der Waals surface area contributed by atoms with Crippen LogP contribution in [-0.2, 0) is 16.4 Å². The SMILES string of the molecule is NC(=O)c1ccc(S(=O)(=O)NCCc2ccc(F)cc2)cc1. The van der Waals surface area contributed by atoms with Gasteiger partial charge >= 0.3 is 0 Å². The quantitative estimate of drug-likeness (QED) is 0.843. The van der Waals surface area contributed by atoms with Crippen molar-refractivity contribution in [1.29, 1.82) is 0 Å². The number of nitrogens with two attached hydrogens (primary N) is 1. The molecule has 0 bridgehead atoms. The molecule has 0 unspecified atom stereocenters. The van der Waals surface area contributed by atoms with E-state index in [0.717, 1.165) is 5.56 Å². The molecule has 22 heavy (non-hydrogen) atoms. The molecule has 7 heteroatoms. The molecule has 0 heterocycles. The van der Waals surface area contributed by atoms with Gasteiger partial charge in [-0.3, -0.25) is 4.79 Å². The van der Waals surface area contributed by atoms with Crippen molar-refractivity contribution < 1.29 is 17.6 Å². The lowest BCUT2D eigenvalue weighted by molar-refractivity contribution is 0.1000. The van der Waals surface area contributed by atoms with E-state index in [1.807, 2.05) is 0 Å². The summed E-state index contributed by atoms with van der Waals surface area (Å²) < 4.78 is 39.4. The Morgan fingerprint density at radius 1 is 1.05 bits per heavy atom. The zero-order chi connectivity index (χ0) is 16.2. The number of benzene rings is 2. The number of hydrogen-bond donors (Lipinski definition) is 2. The zero-order valence-electron chi connectivity index (χ0n) is 11.6. The molecule has 0 aliphatic carbocycles. The Morgan fingerprint density at radius 2 is 1.64 bits per heavy atom. The van der Waals surface area contributed by atoms with Crippen LogP contribution in [0.2, 0.25) is 0 Å². The second-order valence-electron chi connectivity index (χ2n) is 4.66. The molecule has 1 amide bonds. The predicted octanol–water partition coefficient (Wildman–Crippen LogP) is 1.45. The Balaban J connectivity index is 1.98. The lowest BCUT2D eigenvalue weighted by Gasteiger charge is -2.07. The van der Waals surface area contributed by atoms with Crippen molar-refractivity contribution in [3.05, 3.63) is 65.5 Å². The third-order valence-corrected chi connectivity index (χ3v) is 4.55. The fourth-order valence-electron chi connectivity index (χ4n) is 1.86. The first-order valence-electron chi connectivity index (χ1n) is 6.52. The molecule has 2 aromatic rings. The van der Waals surface area contributed by atoms with Crippen LogP contribution in [0.25, 0.3) is 0 Å². The Kier molecular flexibility index (Phi) is 4.89. The molecule has 0 fully saturated rings. The maximum Gasteiger partial charge on any atom is 0.248 e. The molecule has 0 radical (unpaired) electrons. The summed E-state index contributed by atoms with van der Waals surface area (Å²) in [7, 11) is -3.66. The number of amides is 1. The largest absolute Gasteiger partial charge is 0.366 e. The minimum atomic E-state index is -3.66. The number of primary amides is 1. The molecule has 5 nitrogen and oxygen atoms in total. The molecule has 0 aromatic heterocycles. The summed E-state index contributed by atoms with van der Waals surface area (Å²) in [4.78, 5) is 11.0. The first-order valence-corrected chi connectivity index (χ1v) is 8.01. The van der Waals surface area contributed by atoms with Crippen LogP contribution in [0.3, 0.4) is 0 Å². The van der Waals surface area contributed by atoms with E-state index >= 15 is 0 Å². The molecular formula is C15H15FN2O3S. The third-order valence-electron chi connectivity index (χ3n) is 3.07. The second-order valence-corrected chi connectivity index (χ2v) is 6.43. The van der Waals surface area contributed by atoms with Crippen LogP contribution in [0, 0.1) is 5.82 Å². The summed E-state index contributed by atoms with van der Waals surface area (Å²) in [6.45, 7) is 0.186. The Morgan fingerprint density at radius 3 is 2.18 bits per heavy atom. The highest BCUT2D eigenvalue weighted by Crippen LogP contribution is 2.10. The smallest absolute Gasteiger partial charge is 0.248 e. The van der Waals surface area contributed by atoms with E-state index in [9.17, 15) is 17.6 Å². The molecule has 0 aliphatic heterocycles. The van der Waals surface area contributed by atoms with E-state index in [-0.39, 0.29) is 22.8 Å². The number of nitrogens with one attached hydrogen (secondary N) is 1. The highest BCUT2D eigenvalue weighted by Gasteiger charge is 2.13. The van der Waals surface area contributed by atoms with E-state index < -0.39 is 15.9 Å². The van der Waals surface area contributed by atoms with Crippen LogP contribution in [0.1, 0.15) is 15.9 Å². The summed E-state index contributed by atoms with van der Waals surface area (Å²) in [5.74, 6) is -0.952. The normalized spacial score (nSPS) is 11.3. The van der Waals surface area contributed by atoms with Crippen molar-refractivity contribution in [2.75, 3.05) is 6.54 Å². The van der Waals surface area contributed by atoms with Gasteiger partial charge < -0.3 is 5.73 Å². The van der Waals surface area contributed by atoms with Crippen LogP contribution < -0.4 is 10.5 Å². The fourth-order valence-corrected chi connectivity index (χ4v) is 2.89. The molecule has 116 valence electrons. The van der Waals surface area contributed by atoms with Crippen molar-refractivity contribution >= 4 is 15.9 Å². The molecule has 2 rings (SSSR count). The minimum Gasteiger partial charge on any atom is -0.366 e. The maximum atomic E-state index is 12.8. The van der Waals surface area contributed by atoms with Gasteiger partial charge in [-0.2, -0.15) is 0 Å². The first-order chi connectivity index (χ1) is 10.4. The molecule has 0 atom stereocenters. The van der Waals surface area contributed by atoms with Gasteiger partial charge in [-0.1, -0.05) is 12.1 Å². The Hall–Kier alpha value is -2.25. The van der Waals surface area contributed by atoms with E-state index in [0.29, 0.717) is 6.42 Å². The highest BCUT2D eigenvalue weighted by atomic mass is 32.2. The molecule has 2 aromatic carbocycles. The zero-order valence-corrected chi connectivity index (χ0v) is 12.4. The summed E-state index contributed by atoms with van der Waals surface area (Å²) in [5, 5.41) is 0. The van der Waals surface area contributed by atoms with E-state index in [2.05, 4.69) is 4.72 Å². The lowest BCUT2D eigenvalue weighted by atomic mass is 10.1. The Labute approximate surface area is 128 Å². The molecular weight excluding hydrogens is 307 g/mol. The van der Waals surface area contributed by atoms with Gasteiger partial charge in [-0.25, -0.2) is 17.5 Å². The van der Waals surface area contributed by atoms with Crippen LogP contribution >= 0.6 is 0 Å². The van der Waals surface area contributed by atoms with Crippen LogP contribution in [0.5, 0.6) is 0 Å². The van der Waals surface area contributed by atoms with Gasteiger partial charge in [0, 0.05) is 12.1 Å². The van der Waals surface area contributed by atoms with Crippen LogP contribution in [0.15, 0.2) is 53.4 Å². The summed E-state index contributed by atoms with van der Waals surface area (Å²) >= 11 is 0. The van der Waals surface area contributed by atoms with Gasteiger partial charge in [0.1, 0.15) is 5.82 Å². The van der Waals surface area contributed by atoms with E-state index in [4.69, 9.17) is 5.73 Å². The second kappa shape index (κ2) is 6.67. The number of halogens is 1. The number of hydrogen-bond acceptors (Lipinski definition) is 3. The van der Waals surface area contributed by atoms with Crippen molar-refractivity contribution in [3.63, 3.8) is 0 Å². The van der Waals surface area contributed by atoms with E-state index in [1.165, 1.54) is 36.4 Å². The summed E-state index contributed by atoms with van der Waals surface area (Å²) in [6, 6.07) is 11.2. The van der Waals surface area contributed by atoms with E-state index in [1.54, 1.807) is 12.1 Å². The van der Waals surface area contributed by atoms with Crippen molar-refractivity contribution in [1.82, 2.24) is 4.72 Å². The number of carbonyl (C=O) groups is 1. The van der Waals surface area contributed by atoms with Gasteiger partial charge in [-0.05, 0) is 48.4 Å². The third kappa shape index (κ3) is 4.12. The summed E-state index contributed by atoms with van der Waals surface area (Å²) in [6.07, 6.45) is 0.443. The van der Waals surface area contributed by atoms with Gasteiger partial charge in [0.25, 0.3) is 0 Å². The van der Waals surface area contributed by atoms with Crippen LogP contribution in [-0.4, -0.2) is 20.9 Å². The molecule has 0 spiro atoms. The molecule has 0 saturated carbocycles. The predicted molar refractivity (Wildman–Crippen MR) is 80.3 cm³/mol. The van der Waals surface area contributed by atoms with Crippen molar-refractivity contribution in [2.24, 2.45) is 5.73 Å². The average molecular weight is 322 g/mol. The number of rotatable bonds is 6. The topological polar surface area (TPSA) is 89.3 Å². The average Bonchev–Trinajstić information content (AvgIpc) is 2.49. The van der Waals surface area contributed by atoms with Crippen LogP contribution in [0.4, 0.5) is 4.39 Å². The standard InChI is InChI=1S/C15H15FN2O3S/c16-13-5-1-11(2-6-13)9-10-18-22(20,21)14-7-3-12(4-8-14)15(17)19/h1-8,18H,9-10H2,(H2,17,19). The Bertz CT molecular complexity index is 756. The van der Waals surface area contributed by atoms with Gasteiger partial charge in [-0.15, -0.1) is 0 Å². The molecule has 0 saturated heterocycles. The fraction of sp³-hybridized carbons (Fsp3) is 0.133. The number of sulfonamides is 1. The summed E-state index contributed by atoms with van der Waals surface area (Å²) in [5.41, 5.74) is 6.17. The van der Waals surface area contributed by atoms with Gasteiger partial charge in [0.05, 0.1) is 4.90 Å². The van der Waals surface area contributed by atoms with Gasteiger partial charge in [0.2, 0.25) is 15.9 Å². The minimum absolute atomic E-state index is 0.0524. The van der Waals surface area contributed by atoms with Gasteiger partial charge in [0.15, 0.2) is 0 Å². The lowest BCUT2D eigenvalue weighted by Crippen LogP contribution is -2.26. The highest BCUT2D eigenvalue weighted by molar-refractivity contribution is 7.89. The first kappa shape index (κ1) is 16.1. The molecule has 3 N–H and O–H groups in total.